The number of ether oxygens (including phenoxy) is 6. The Morgan fingerprint density at radius 3 is 2.23 bits per heavy atom. The summed E-state index contributed by atoms with van der Waals surface area (Å²) in [5.74, 6) is -1.90. The third kappa shape index (κ3) is 2.41. The summed E-state index contributed by atoms with van der Waals surface area (Å²) in [5.41, 5.74) is 0. The van der Waals surface area contributed by atoms with Crippen molar-refractivity contribution in [3.05, 3.63) is 0 Å². The van der Waals surface area contributed by atoms with Gasteiger partial charge in [-0.15, -0.1) is 0 Å². The van der Waals surface area contributed by atoms with Crippen LogP contribution in [0.3, 0.4) is 0 Å². The Morgan fingerprint density at radius 2 is 1.59 bits per heavy atom. The fourth-order valence-corrected chi connectivity index (χ4v) is 4.01. The molecule has 22 heavy (non-hydrogen) atoms. The van der Waals surface area contributed by atoms with Crippen LogP contribution in [0.25, 0.3) is 0 Å². The van der Waals surface area contributed by atoms with E-state index in [1.54, 1.807) is 0 Å². The average Bonchev–Trinajstić information content (AvgIpc) is 3.04. The summed E-state index contributed by atoms with van der Waals surface area (Å²) < 4.78 is 36.4. The largest absolute Gasteiger partial charge is 0.348 e. The van der Waals surface area contributed by atoms with Crippen molar-refractivity contribution >= 4 is 0 Å². The maximum Gasteiger partial charge on any atom is 0.198 e. The van der Waals surface area contributed by atoms with Crippen molar-refractivity contribution in [1.82, 2.24) is 0 Å². The van der Waals surface area contributed by atoms with Crippen LogP contribution in [0.1, 0.15) is 47.0 Å². The van der Waals surface area contributed by atoms with Gasteiger partial charge in [-0.1, -0.05) is 0 Å². The van der Waals surface area contributed by atoms with Crippen LogP contribution in [0.5, 0.6) is 0 Å². The summed E-state index contributed by atoms with van der Waals surface area (Å²) in [7, 11) is 0. The van der Waals surface area contributed by atoms with Gasteiger partial charge in [-0.2, -0.15) is 0 Å². The van der Waals surface area contributed by atoms with Crippen LogP contribution in [0.4, 0.5) is 0 Å². The molecule has 126 valence electrons. The van der Waals surface area contributed by atoms with Gasteiger partial charge < -0.3 is 28.4 Å². The molecule has 0 aromatic heterocycles. The number of rotatable bonds is 1. The molecule has 0 bridgehead atoms. The van der Waals surface area contributed by atoms with E-state index in [4.69, 9.17) is 28.4 Å². The van der Waals surface area contributed by atoms with E-state index >= 15 is 0 Å². The molecule has 6 nitrogen and oxygen atoms in total. The molecule has 4 saturated heterocycles. The summed E-state index contributed by atoms with van der Waals surface area (Å²) in [6.07, 6.45) is 2.19. The molecule has 0 radical (unpaired) electrons. The standard InChI is InChI=1S/C16H26O6/c1-14(2)18-9-10(19-14)11-12-13(22-15(3,4)20-12)16(21-11)7-5-6-8-17-16/h10-13H,5-9H2,1-4H3/t10?,11-,12-,13+,16+/m1/s1. The van der Waals surface area contributed by atoms with E-state index in [1.807, 2.05) is 27.7 Å². The van der Waals surface area contributed by atoms with Gasteiger partial charge in [0.25, 0.3) is 0 Å². The minimum atomic E-state index is -0.697. The summed E-state index contributed by atoms with van der Waals surface area (Å²) in [4.78, 5) is 0. The molecule has 4 rings (SSSR count). The Balaban J connectivity index is 1.60. The van der Waals surface area contributed by atoms with E-state index in [1.165, 1.54) is 0 Å². The zero-order valence-corrected chi connectivity index (χ0v) is 13.8. The lowest BCUT2D eigenvalue weighted by Gasteiger charge is -2.37. The van der Waals surface area contributed by atoms with E-state index in [2.05, 4.69) is 0 Å². The topological polar surface area (TPSA) is 55.4 Å². The molecule has 6 heteroatoms. The lowest BCUT2D eigenvalue weighted by molar-refractivity contribution is -0.312. The third-order valence-electron chi connectivity index (χ3n) is 4.88. The molecule has 4 aliphatic rings. The molecule has 5 atom stereocenters. The molecule has 0 aliphatic carbocycles. The maximum atomic E-state index is 6.35. The average molecular weight is 314 g/mol. The summed E-state index contributed by atoms with van der Waals surface area (Å²) >= 11 is 0. The highest BCUT2D eigenvalue weighted by Crippen LogP contribution is 2.50. The fraction of sp³-hybridized carbons (Fsp3) is 1.00. The van der Waals surface area contributed by atoms with Crippen molar-refractivity contribution < 1.29 is 28.4 Å². The second-order valence-corrected chi connectivity index (χ2v) is 7.59. The SMILES string of the molecule is CC1(C)OCC([C@H]2O[C@@]3(CCCCO3)[C@H]3OC(C)(C)O[C@H]23)O1. The van der Waals surface area contributed by atoms with Gasteiger partial charge >= 0.3 is 0 Å². The number of hydrogen-bond donors (Lipinski definition) is 0. The van der Waals surface area contributed by atoms with Crippen LogP contribution in [0.2, 0.25) is 0 Å². The van der Waals surface area contributed by atoms with Crippen LogP contribution < -0.4 is 0 Å². The molecule has 1 unspecified atom stereocenters. The van der Waals surface area contributed by atoms with Crippen LogP contribution in [0.15, 0.2) is 0 Å². The predicted molar refractivity (Wildman–Crippen MR) is 76.1 cm³/mol. The van der Waals surface area contributed by atoms with Crippen molar-refractivity contribution in [3.63, 3.8) is 0 Å². The Labute approximate surface area is 131 Å². The van der Waals surface area contributed by atoms with E-state index in [0.717, 1.165) is 19.3 Å². The smallest absolute Gasteiger partial charge is 0.198 e. The van der Waals surface area contributed by atoms with Gasteiger partial charge in [-0.05, 0) is 40.5 Å². The zero-order valence-electron chi connectivity index (χ0n) is 13.8. The zero-order chi connectivity index (χ0) is 15.6. The highest BCUT2D eigenvalue weighted by atomic mass is 16.8. The van der Waals surface area contributed by atoms with Crippen LogP contribution >= 0.6 is 0 Å². The molecule has 4 fully saturated rings. The first-order valence-electron chi connectivity index (χ1n) is 8.30. The van der Waals surface area contributed by atoms with Gasteiger partial charge in [0.05, 0.1) is 13.2 Å². The summed E-state index contributed by atoms with van der Waals surface area (Å²) in [6.45, 7) is 8.92. The highest BCUT2D eigenvalue weighted by molar-refractivity contribution is 5.06. The van der Waals surface area contributed by atoms with Crippen molar-refractivity contribution in [3.8, 4) is 0 Å². The number of hydrogen-bond acceptors (Lipinski definition) is 6. The molecule has 0 N–H and O–H groups in total. The van der Waals surface area contributed by atoms with Gasteiger partial charge in [0.15, 0.2) is 17.4 Å². The monoisotopic (exact) mass is 314 g/mol. The maximum absolute atomic E-state index is 6.35. The molecule has 4 heterocycles. The number of fused-ring (bicyclic) bond motifs is 2. The predicted octanol–water partition coefficient (Wildman–Crippen LogP) is 1.95. The Kier molecular flexibility index (Phi) is 3.39. The van der Waals surface area contributed by atoms with Gasteiger partial charge in [0.2, 0.25) is 0 Å². The van der Waals surface area contributed by atoms with Crippen LogP contribution in [-0.4, -0.2) is 55.0 Å². The van der Waals surface area contributed by atoms with Gasteiger partial charge in [-0.25, -0.2) is 0 Å². The third-order valence-corrected chi connectivity index (χ3v) is 4.88. The molecule has 0 saturated carbocycles. The summed E-state index contributed by atoms with van der Waals surface area (Å²) in [6, 6.07) is 0. The molecule has 4 aliphatic heterocycles. The lowest BCUT2D eigenvalue weighted by atomic mass is 9.97. The van der Waals surface area contributed by atoms with E-state index in [-0.39, 0.29) is 24.4 Å². The molecular formula is C16H26O6. The quantitative estimate of drug-likeness (QED) is 0.737. The van der Waals surface area contributed by atoms with Crippen LogP contribution in [0, 0.1) is 0 Å². The minimum Gasteiger partial charge on any atom is -0.348 e. The molecule has 0 amide bonds. The van der Waals surface area contributed by atoms with Gasteiger partial charge in [0.1, 0.15) is 24.4 Å². The van der Waals surface area contributed by atoms with Crippen molar-refractivity contribution in [2.75, 3.05) is 13.2 Å². The van der Waals surface area contributed by atoms with E-state index in [9.17, 15) is 0 Å². The second-order valence-electron chi connectivity index (χ2n) is 7.59. The first kappa shape index (κ1) is 15.3. The van der Waals surface area contributed by atoms with Crippen molar-refractivity contribution in [1.29, 1.82) is 0 Å². The Hall–Kier alpha value is -0.240. The Bertz CT molecular complexity index is 442. The molecule has 0 aromatic carbocycles. The lowest BCUT2D eigenvalue weighted by Crippen LogP contribution is -2.47. The minimum absolute atomic E-state index is 0.162. The second kappa shape index (κ2) is 4.88. The van der Waals surface area contributed by atoms with Crippen LogP contribution in [-0.2, 0) is 28.4 Å². The van der Waals surface area contributed by atoms with E-state index < -0.39 is 17.4 Å². The molecule has 1 spiro atoms. The molecular weight excluding hydrogens is 288 g/mol. The van der Waals surface area contributed by atoms with Crippen molar-refractivity contribution in [2.24, 2.45) is 0 Å². The van der Waals surface area contributed by atoms with Gasteiger partial charge in [-0.3, -0.25) is 0 Å². The summed E-state index contributed by atoms with van der Waals surface area (Å²) in [5, 5.41) is 0. The first-order valence-corrected chi connectivity index (χ1v) is 8.30. The first-order chi connectivity index (χ1) is 10.3. The molecule has 0 aromatic rings. The van der Waals surface area contributed by atoms with E-state index in [0.29, 0.717) is 13.2 Å². The van der Waals surface area contributed by atoms with Gasteiger partial charge in [0, 0.05) is 6.42 Å². The highest BCUT2D eigenvalue weighted by Gasteiger charge is 2.66. The van der Waals surface area contributed by atoms with Crippen molar-refractivity contribution in [2.45, 2.75) is 88.7 Å². The normalized spacial score (nSPS) is 49.6. The Morgan fingerprint density at radius 1 is 0.773 bits per heavy atom. The fourth-order valence-electron chi connectivity index (χ4n) is 4.01.